The summed E-state index contributed by atoms with van der Waals surface area (Å²) in [6.45, 7) is 2.43. The molecule has 0 bridgehead atoms. The van der Waals surface area contributed by atoms with Crippen LogP contribution in [0.4, 0.5) is 0 Å². The number of nitrogens with two attached hydrogens (primary N) is 1. The largest absolute Gasteiger partial charge is 0.480 e. The molecule has 1 rings (SSSR count). The van der Waals surface area contributed by atoms with Crippen LogP contribution in [-0.4, -0.2) is 23.2 Å². The second-order valence-corrected chi connectivity index (χ2v) is 4.54. The molecule has 4 heteroatoms. The van der Waals surface area contributed by atoms with Gasteiger partial charge in [-0.05, 0) is 12.0 Å². The molecule has 0 unspecified atom stereocenters. The number of unbranched alkanes of at least 4 members (excludes halogenated alkanes) is 1. The molecule has 1 aromatic carbocycles. The SMILES string of the molecule is CCCC[C@](N)(COCc1ccccc1)C(=O)O. The van der Waals surface area contributed by atoms with Crippen molar-refractivity contribution in [3.05, 3.63) is 35.9 Å². The maximum absolute atomic E-state index is 11.2. The number of carbonyl (C=O) groups is 1. The molecule has 3 N–H and O–H groups in total. The zero-order valence-corrected chi connectivity index (χ0v) is 10.8. The molecule has 0 saturated carbocycles. The van der Waals surface area contributed by atoms with Gasteiger partial charge in [0.2, 0.25) is 0 Å². The van der Waals surface area contributed by atoms with Crippen molar-refractivity contribution in [3.8, 4) is 0 Å². The van der Waals surface area contributed by atoms with Crippen LogP contribution in [0.25, 0.3) is 0 Å². The topological polar surface area (TPSA) is 72.5 Å². The van der Waals surface area contributed by atoms with Crippen LogP contribution in [0.3, 0.4) is 0 Å². The van der Waals surface area contributed by atoms with Gasteiger partial charge in [-0.25, -0.2) is 0 Å². The molecule has 0 aromatic heterocycles. The highest BCUT2D eigenvalue weighted by Crippen LogP contribution is 2.13. The van der Waals surface area contributed by atoms with Crippen LogP contribution in [0.2, 0.25) is 0 Å². The van der Waals surface area contributed by atoms with Gasteiger partial charge < -0.3 is 15.6 Å². The number of ether oxygens (including phenoxy) is 1. The second kappa shape index (κ2) is 7.13. The van der Waals surface area contributed by atoms with Crippen molar-refractivity contribution in [1.29, 1.82) is 0 Å². The van der Waals surface area contributed by atoms with Crippen LogP contribution in [0.15, 0.2) is 30.3 Å². The van der Waals surface area contributed by atoms with Gasteiger partial charge in [-0.2, -0.15) is 0 Å². The zero-order chi connectivity index (χ0) is 13.4. The van der Waals surface area contributed by atoms with E-state index in [9.17, 15) is 4.79 Å². The van der Waals surface area contributed by atoms with E-state index in [1.165, 1.54) is 0 Å². The minimum atomic E-state index is -1.27. The summed E-state index contributed by atoms with van der Waals surface area (Å²) in [6.07, 6.45) is 2.15. The molecule has 1 aromatic rings. The fraction of sp³-hybridized carbons (Fsp3) is 0.500. The molecule has 0 spiro atoms. The molecule has 0 aliphatic carbocycles. The maximum Gasteiger partial charge on any atom is 0.326 e. The third-order valence-corrected chi connectivity index (χ3v) is 2.87. The molecule has 0 fully saturated rings. The second-order valence-electron chi connectivity index (χ2n) is 4.54. The van der Waals surface area contributed by atoms with Gasteiger partial charge in [0.25, 0.3) is 0 Å². The first-order chi connectivity index (χ1) is 8.58. The number of carboxylic acid groups (broad SMARTS) is 1. The highest BCUT2D eigenvalue weighted by Gasteiger charge is 2.33. The Labute approximate surface area is 108 Å². The maximum atomic E-state index is 11.2. The molecule has 0 aliphatic rings. The lowest BCUT2D eigenvalue weighted by Crippen LogP contribution is -2.51. The van der Waals surface area contributed by atoms with Crippen molar-refractivity contribution in [1.82, 2.24) is 0 Å². The van der Waals surface area contributed by atoms with Gasteiger partial charge in [0.15, 0.2) is 0 Å². The Kier molecular flexibility index (Phi) is 5.82. The number of hydrogen-bond acceptors (Lipinski definition) is 3. The smallest absolute Gasteiger partial charge is 0.326 e. The first-order valence-corrected chi connectivity index (χ1v) is 6.22. The standard InChI is InChI=1S/C14H21NO3/c1-2-3-9-14(15,13(16)17)11-18-10-12-7-5-4-6-8-12/h4-8H,2-3,9-11,15H2,1H3,(H,16,17)/t14-/m0/s1. The van der Waals surface area contributed by atoms with E-state index in [2.05, 4.69) is 0 Å². The fourth-order valence-corrected chi connectivity index (χ4v) is 1.66. The Morgan fingerprint density at radius 3 is 2.61 bits per heavy atom. The first kappa shape index (κ1) is 14.7. The molecule has 0 aliphatic heterocycles. The van der Waals surface area contributed by atoms with Crippen LogP contribution in [0, 0.1) is 0 Å². The van der Waals surface area contributed by atoms with E-state index in [0.29, 0.717) is 13.0 Å². The third kappa shape index (κ3) is 4.47. The van der Waals surface area contributed by atoms with Crippen molar-refractivity contribution in [2.24, 2.45) is 5.73 Å². The molecule has 4 nitrogen and oxygen atoms in total. The van der Waals surface area contributed by atoms with Crippen LogP contribution in [0.1, 0.15) is 31.7 Å². The van der Waals surface area contributed by atoms with Crippen LogP contribution in [0.5, 0.6) is 0 Å². The van der Waals surface area contributed by atoms with Gasteiger partial charge in [-0.3, -0.25) is 4.79 Å². The highest BCUT2D eigenvalue weighted by molar-refractivity contribution is 5.78. The van der Waals surface area contributed by atoms with Crippen LogP contribution in [-0.2, 0) is 16.1 Å². The summed E-state index contributed by atoms with van der Waals surface area (Å²) in [6, 6.07) is 9.64. The van der Waals surface area contributed by atoms with Gasteiger partial charge in [-0.15, -0.1) is 0 Å². The molecule has 18 heavy (non-hydrogen) atoms. The number of rotatable bonds is 8. The molecular weight excluding hydrogens is 230 g/mol. The molecule has 0 amide bonds. The van der Waals surface area contributed by atoms with E-state index in [0.717, 1.165) is 18.4 Å². The normalized spacial score (nSPS) is 14.1. The number of aliphatic carboxylic acids is 1. The summed E-state index contributed by atoms with van der Waals surface area (Å²) in [5.41, 5.74) is 5.61. The highest BCUT2D eigenvalue weighted by atomic mass is 16.5. The average molecular weight is 251 g/mol. The quantitative estimate of drug-likeness (QED) is 0.742. The molecule has 0 radical (unpaired) electrons. The van der Waals surface area contributed by atoms with E-state index >= 15 is 0 Å². The van der Waals surface area contributed by atoms with Gasteiger partial charge in [0.1, 0.15) is 5.54 Å². The Balaban J connectivity index is 2.45. The lowest BCUT2D eigenvalue weighted by Gasteiger charge is -2.24. The van der Waals surface area contributed by atoms with Gasteiger partial charge in [0.05, 0.1) is 13.2 Å². The molecule has 0 heterocycles. The molecular formula is C14H21NO3. The van der Waals surface area contributed by atoms with Crippen molar-refractivity contribution in [2.45, 2.75) is 38.3 Å². The van der Waals surface area contributed by atoms with Crippen molar-refractivity contribution >= 4 is 5.97 Å². The summed E-state index contributed by atoms with van der Waals surface area (Å²) in [5, 5.41) is 9.15. The van der Waals surface area contributed by atoms with Gasteiger partial charge in [0, 0.05) is 0 Å². The van der Waals surface area contributed by atoms with E-state index in [1.54, 1.807) is 0 Å². The zero-order valence-electron chi connectivity index (χ0n) is 10.8. The molecule has 100 valence electrons. The minimum absolute atomic E-state index is 0.0389. The van der Waals surface area contributed by atoms with Crippen molar-refractivity contribution in [2.75, 3.05) is 6.61 Å². The Bertz CT molecular complexity index is 367. The Morgan fingerprint density at radius 1 is 1.39 bits per heavy atom. The number of benzene rings is 1. The summed E-state index contributed by atoms with van der Waals surface area (Å²) in [7, 11) is 0. The van der Waals surface area contributed by atoms with Gasteiger partial charge >= 0.3 is 5.97 Å². The third-order valence-electron chi connectivity index (χ3n) is 2.87. The fourth-order valence-electron chi connectivity index (χ4n) is 1.66. The van der Waals surface area contributed by atoms with E-state index in [-0.39, 0.29) is 6.61 Å². The summed E-state index contributed by atoms with van der Waals surface area (Å²) < 4.78 is 5.44. The van der Waals surface area contributed by atoms with E-state index < -0.39 is 11.5 Å². The van der Waals surface area contributed by atoms with Gasteiger partial charge in [-0.1, -0.05) is 50.1 Å². The van der Waals surface area contributed by atoms with E-state index in [4.69, 9.17) is 15.6 Å². The Morgan fingerprint density at radius 2 is 2.06 bits per heavy atom. The monoisotopic (exact) mass is 251 g/mol. The Hall–Kier alpha value is -1.39. The van der Waals surface area contributed by atoms with E-state index in [1.807, 2.05) is 37.3 Å². The predicted octanol–water partition coefficient (Wildman–Crippen LogP) is 2.18. The van der Waals surface area contributed by atoms with Crippen LogP contribution < -0.4 is 5.73 Å². The summed E-state index contributed by atoms with van der Waals surface area (Å²) in [4.78, 5) is 11.2. The predicted molar refractivity (Wildman–Crippen MR) is 70.2 cm³/mol. The average Bonchev–Trinajstić information content (AvgIpc) is 2.37. The molecule has 0 saturated heterocycles. The summed E-state index contributed by atoms with van der Waals surface area (Å²) in [5.74, 6) is -0.996. The number of carboxylic acids is 1. The number of hydrogen-bond donors (Lipinski definition) is 2. The first-order valence-electron chi connectivity index (χ1n) is 6.22. The summed E-state index contributed by atoms with van der Waals surface area (Å²) >= 11 is 0. The van der Waals surface area contributed by atoms with Crippen LogP contribution >= 0.6 is 0 Å². The molecule has 1 atom stereocenters. The van der Waals surface area contributed by atoms with Crippen molar-refractivity contribution < 1.29 is 14.6 Å². The van der Waals surface area contributed by atoms with Crippen molar-refractivity contribution in [3.63, 3.8) is 0 Å². The lowest BCUT2D eigenvalue weighted by atomic mass is 9.95. The minimum Gasteiger partial charge on any atom is -0.480 e. The lowest BCUT2D eigenvalue weighted by molar-refractivity contribution is -0.146.